The van der Waals surface area contributed by atoms with Crippen LogP contribution in [0.1, 0.15) is 44.9 Å². The van der Waals surface area contributed by atoms with E-state index in [9.17, 15) is 14.7 Å². The third-order valence-electron chi connectivity index (χ3n) is 6.38. The van der Waals surface area contributed by atoms with Gasteiger partial charge in [0.2, 0.25) is 0 Å². The number of carbonyl (C=O) groups excluding carboxylic acids is 1. The smallest absolute Gasteiger partial charge is 0.338 e. The lowest BCUT2D eigenvalue weighted by Crippen LogP contribution is -2.40. The number of benzene rings is 2. The molecule has 4 rings (SSSR count). The zero-order valence-corrected chi connectivity index (χ0v) is 22.5. The quantitative estimate of drug-likeness (QED) is 0.457. The highest BCUT2D eigenvalue weighted by molar-refractivity contribution is 7.07. The number of phenolic OH excluding ortho intramolecular Hbond substituents is 1. The van der Waals surface area contributed by atoms with Crippen molar-refractivity contribution in [3.63, 3.8) is 0 Å². The number of allylic oxidation sites excluding steroid dienone is 1. The van der Waals surface area contributed by atoms with Crippen molar-refractivity contribution in [2.75, 3.05) is 31.7 Å². The lowest BCUT2D eigenvalue weighted by Gasteiger charge is -2.25. The number of hydrogen-bond acceptors (Lipinski definition) is 8. The Kier molecular flexibility index (Phi) is 7.83. The maximum Gasteiger partial charge on any atom is 0.338 e. The number of esters is 1. The fourth-order valence-electron chi connectivity index (χ4n) is 4.56. The Morgan fingerprint density at radius 1 is 1.19 bits per heavy atom. The highest BCUT2D eigenvalue weighted by Crippen LogP contribution is 2.35. The van der Waals surface area contributed by atoms with Crippen LogP contribution in [-0.2, 0) is 9.53 Å². The molecule has 3 aromatic rings. The fraction of sp³-hybridized carbons (Fsp3) is 0.321. The Morgan fingerprint density at radius 2 is 1.92 bits per heavy atom. The van der Waals surface area contributed by atoms with E-state index in [0.717, 1.165) is 18.8 Å². The van der Waals surface area contributed by atoms with E-state index in [1.54, 1.807) is 45.2 Å². The zero-order valence-electron chi connectivity index (χ0n) is 21.6. The van der Waals surface area contributed by atoms with Gasteiger partial charge in [0.1, 0.15) is 17.5 Å². The highest BCUT2D eigenvalue weighted by Gasteiger charge is 2.34. The molecular formula is C28H31N3O5S. The molecule has 1 atom stereocenters. The van der Waals surface area contributed by atoms with Gasteiger partial charge in [-0.15, -0.1) is 0 Å². The molecule has 8 nitrogen and oxygen atoms in total. The van der Waals surface area contributed by atoms with E-state index in [0.29, 0.717) is 31.9 Å². The third kappa shape index (κ3) is 4.91. The van der Waals surface area contributed by atoms with Gasteiger partial charge in [-0.1, -0.05) is 29.5 Å². The summed E-state index contributed by atoms with van der Waals surface area (Å²) in [5.74, 6) is 0.0988. The Labute approximate surface area is 219 Å². The van der Waals surface area contributed by atoms with Crippen LogP contribution in [0, 0.1) is 0 Å². The van der Waals surface area contributed by atoms with Crippen LogP contribution in [0.4, 0.5) is 5.69 Å². The second kappa shape index (κ2) is 11.0. The molecule has 0 saturated carbocycles. The van der Waals surface area contributed by atoms with E-state index in [2.05, 4.69) is 23.7 Å². The SMILES string of the molecule is CCOC(=O)C1=C(C)N=c2s/c(=C/c3ccc(N(CC)CC)cc3O)c(=O)n2C1c1ccccc1OC. The molecule has 2 heterocycles. The summed E-state index contributed by atoms with van der Waals surface area (Å²) in [5, 5.41) is 10.7. The van der Waals surface area contributed by atoms with Crippen LogP contribution in [0.3, 0.4) is 0 Å². The number of phenols is 1. The van der Waals surface area contributed by atoms with Gasteiger partial charge in [0, 0.05) is 36.0 Å². The molecular weight excluding hydrogens is 490 g/mol. The summed E-state index contributed by atoms with van der Waals surface area (Å²) in [5.41, 5.74) is 2.54. The van der Waals surface area contributed by atoms with Crippen LogP contribution >= 0.6 is 11.3 Å². The summed E-state index contributed by atoms with van der Waals surface area (Å²) < 4.78 is 12.8. The predicted molar refractivity (Wildman–Crippen MR) is 145 cm³/mol. The normalized spacial score (nSPS) is 15.3. The zero-order chi connectivity index (χ0) is 26.7. The topological polar surface area (TPSA) is 93.4 Å². The minimum atomic E-state index is -0.771. The van der Waals surface area contributed by atoms with Crippen LogP contribution in [0.25, 0.3) is 6.08 Å². The molecule has 2 aromatic carbocycles. The molecule has 0 spiro atoms. The lowest BCUT2D eigenvalue weighted by molar-refractivity contribution is -0.139. The molecule has 1 unspecified atom stereocenters. The van der Waals surface area contributed by atoms with Crippen molar-refractivity contribution in [1.29, 1.82) is 0 Å². The number of nitrogens with zero attached hydrogens (tertiary/aromatic N) is 3. The summed E-state index contributed by atoms with van der Waals surface area (Å²) in [6, 6.07) is 11.9. The van der Waals surface area contributed by atoms with Crippen LogP contribution in [0.15, 0.2) is 63.5 Å². The third-order valence-corrected chi connectivity index (χ3v) is 7.36. The monoisotopic (exact) mass is 521 g/mol. The molecule has 1 aliphatic rings. The Bertz CT molecular complexity index is 1530. The van der Waals surface area contributed by atoms with Gasteiger partial charge in [-0.25, -0.2) is 9.79 Å². The average Bonchev–Trinajstić information content (AvgIpc) is 3.19. The molecule has 9 heteroatoms. The number of carbonyl (C=O) groups is 1. The number of rotatable bonds is 8. The van der Waals surface area contributed by atoms with Crippen LogP contribution in [0.5, 0.6) is 11.5 Å². The Balaban J connectivity index is 1.92. The van der Waals surface area contributed by atoms with Gasteiger partial charge in [-0.3, -0.25) is 9.36 Å². The number of ether oxygens (including phenoxy) is 2. The van der Waals surface area contributed by atoms with Crippen LogP contribution in [0.2, 0.25) is 0 Å². The van der Waals surface area contributed by atoms with Crippen LogP contribution < -0.4 is 24.5 Å². The largest absolute Gasteiger partial charge is 0.507 e. The van der Waals surface area contributed by atoms with E-state index in [1.807, 2.05) is 24.3 Å². The molecule has 0 bridgehead atoms. The number of aromatic nitrogens is 1. The predicted octanol–water partition coefficient (Wildman–Crippen LogP) is 3.36. The molecule has 0 amide bonds. The average molecular weight is 522 g/mol. The van der Waals surface area contributed by atoms with Gasteiger partial charge < -0.3 is 19.5 Å². The summed E-state index contributed by atoms with van der Waals surface area (Å²) in [6.45, 7) is 9.42. The maximum absolute atomic E-state index is 13.8. The maximum atomic E-state index is 13.8. The first kappa shape index (κ1) is 26.2. The molecule has 0 aliphatic carbocycles. The second-order valence-corrected chi connectivity index (χ2v) is 9.47. The number of hydrogen-bond donors (Lipinski definition) is 1. The number of thiazole rings is 1. The number of methoxy groups -OCH3 is 1. The van der Waals surface area contributed by atoms with Gasteiger partial charge in [0.15, 0.2) is 4.80 Å². The molecule has 0 saturated heterocycles. The minimum Gasteiger partial charge on any atom is -0.507 e. The first-order valence-electron chi connectivity index (χ1n) is 12.2. The van der Waals surface area contributed by atoms with E-state index in [1.165, 1.54) is 15.9 Å². The molecule has 194 valence electrons. The van der Waals surface area contributed by atoms with Gasteiger partial charge >= 0.3 is 5.97 Å². The van der Waals surface area contributed by atoms with Gasteiger partial charge in [0.05, 0.1) is 29.5 Å². The number of fused-ring (bicyclic) bond motifs is 1. The van der Waals surface area contributed by atoms with Crippen molar-refractivity contribution in [3.05, 3.63) is 84.5 Å². The van der Waals surface area contributed by atoms with Gasteiger partial charge in [-0.2, -0.15) is 0 Å². The lowest BCUT2D eigenvalue weighted by atomic mass is 9.95. The van der Waals surface area contributed by atoms with Crippen molar-refractivity contribution < 1.29 is 19.4 Å². The number of para-hydroxylation sites is 1. The highest BCUT2D eigenvalue weighted by atomic mass is 32.1. The van der Waals surface area contributed by atoms with Crippen molar-refractivity contribution in [2.24, 2.45) is 4.99 Å². The molecule has 1 N–H and O–H groups in total. The number of aromatic hydroxyl groups is 1. The van der Waals surface area contributed by atoms with Crippen molar-refractivity contribution >= 4 is 29.1 Å². The van der Waals surface area contributed by atoms with Gasteiger partial charge in [-0.05, 0) is 52.0 Å². The molecule has 1 aromatic heterocycles. The minimum absolute atomic E-state index is 0.0832. The standard InChI is InChI=1S/C28H31N3O5S/c1-6-30(7-2)19-14-13-18(21(32)16-19)15-23-26(33)31-25(20-11-9-10-12-22(20)35-5)24(27(34)36-8-3)17(4)29-28(31)37-23/h9-16,25,32H,6-8H2,1-5H3/b23-15+. The van der Waals surface area contributed by atoms with Crippen LogP contribution in [-0.4, -0.2) is 42.4 Å². The van der Waals surface area contributed by atoms with Gasteiger partial charge in [0.25, 0.3) is 5.56 Å². The Hall–Kier alpha value is -3.85. The van der Waals surface area contributed by atoms with Crippen molar-refractivity contribution in [1.82, 2.24) is 4.57 Å². The van der Waals surface area contributed by atoms with E-state index in [4.69, 9.17) is 9.47 Å². The van der Waals surface area contributed by atoms with E-state index >= 15 is 0 Å². The molecule has 0 fully saturated rings. The molecule has 37 heavy (non-hydrogen) atoms. The van der Waals surface area contributed by atoms with Crippen molar-refractivity contribution in [3.8, 4) is 11.5 Å². The molecule has 0 radical (unpaired) electrons. The fourth-order valence-corrected chi connectivity index (χ4v) is 5.60. The summed E-state index contributed by atoms with van der Waals surface area (Å²) >= 11 is 1.21. The molecule has 1 aliphatic heterocycles. The van der Waals surface area contributed by atoms with E-state index < -0.39 is 12.0 Å². The summed E-state index contributed by atoms with van der Waals surface area (Å²) in [7, 11) is 1.55. The van der Waals surface area contributed by atoms with E-state index in [-0.39, 0.29) is 23.5 Å². The summed E-state index contributed by atoms with van der Waals surface area (Å²) in [4.78, 5) is 34.0. The number of anilines is 1. The first-order chi connectivity index (χ1) is 17.8. The second-order valence-electron chi connectivity index (χ2n) is 8.46. The van der Waals surface area contributed by atoms with Crippen molar-refractivity contribution in [2.45, 2.75) is 33.7 Å². The first-order valence-corrected chi connectivity index (χ1v) is 13.1. The Morgan fingerprint density at radius 3 is 2.57 bits per heavy atom. The summed E-state index contributed by atoms with van der Waals surface area (Å²) in [6.07, 6.45) is 1.66.